The molecule has 0 atom stereocenters. The second-order valence-corrected chi connectivity index (χ2v) is 6.44. The Bertz CT molecular complexity index is 905. The Labute approximate surface area is 157 Å². The van der Waals surface area contributed by atoms with Crippen molar-refractivity contribution in [1.82, 2.24) is 9.97 Å². The molecule has 0 aliphatic heterocycles. The van der Waals surface area contributed by atoms with Crippen molar-refractivity contribution in [3.05, 3.63) is 82.3 Å². The smallest absolute Gasteiger partial charge is 0.255 e. The van der Waals surface area contributed by atoms with Gasteiger partial charge in [-0.15, -0.1) is 0 Å². The summed E-state index contributed by atoms with van der Waals surface area (Å²) in [7, 11) is 0. The van der Waals surface area contributed by atoms with Crippen LogP contribution in [0.2, 0.25) is 5.02 Å². The van der Waals surface area contributed by atoms with Crippen LogP contribution in [0.4, 0.5) is 11.5 Å². The van der Waals surface area contributed by atoms with E-state index in [-0.39, 0.29) is 5.91 Å². The third-order valence-corrected chi connectivity index (χ3v) is 4.21. The lowest BCUT2D eigenvalue weighted by Gasteiger charge is -2.12. The molecule has 2 N–H and O–H groups in total. The second kappa shape index (κ2) is 7.97. The van der Waals surface area contributed by atoms with Gasteiger partial charge in [0.25, 0.3) is 5.91 Å². The maximum absolute atomic E-state index is 12.6. The van der Waals surface area contributed by atoms with Crippen LogP contribution in [0, 0.1) is 13.8 Å². The van der Waals surface area contributed by atoms with Gasteiger partial charge in [0.15, 0.2) is 0 Å². The highest BCUT2D eigenvalue weighted by Gasteiger charge is 2.12. The van der Waals surface area contributed by atoms with Crippen molar-refractivity contribution < 1.29 is 4.79 Å². The maximum atomic E-state index is 12.6. The first-order chi connectivity index (χ1) is 12.5. The molecule has 0 radical (unpaired) electrons. The fourth-order valence-corrected chi connectivity index (χ4v) is 2.99. The van der Waals surface area contributed by atoms with E-state index in [0.29, 0.717) is 28.6 Å². The summed E-state index contributed by atoms with van der Waals surface area (Å²) >= 11 is 6.27. The van der Waals surface area contributed by atoms with Gasteiger partial charge < -0.3 is 10.6 Å². The van der Waals surface area contributed by atoms with Crippen molar-refractivity contribution in [3.8, 4) is 0 Å². The summed E-state index contributed by atoms with van der Waals surface area (Å²) in [5.74, 6) is 0.398. The molecule has 0 aliphatic rings. The molecule has 6 heteroatoms. The average molecular weight is 367 g/mol. The van der Waals surface area contributed by atoms with E-state index in [2.05, 4.69) is 20.6 Å². The van der Waals surface area contributed by atoms with E-state index < -0.39 is 0 Å². The molecule has 1 amide bonds. The van der Waals surface area contributed by atoms with Crippen molar-refractivity contribution in [3.63, 3.8) is 0 Å². The lowest BCUT2D eigenvalue weighted by atomic mass is 10.1. The van der Waals surface area contributed by atoms with E-state index in [1.54, 1.807) is 30.7 Å². The molecule has 0 saturated carbocycles. The second-order valence-electron chi connectivity index (χ2n) is 6.03. The molecular weight excluding hydrogens is 348 g/mol. The van der Waals surface area contributed by atoms with Crippen LogP contribution in [-0.2, 0) is 6.54 Å². The van der Waals surface area contributed by atoms with Gasteiger partial charge in [-0.1, -0.05) is 17.7 Å². The van der Waals surface area contributed by atoms with Crippen molar-refractivity contribution in [2.75, 3.05) is 10.6 Å². The van der Waals surface area contributed by atoms with E-state index in [9.17, 15) is 4.79 Å². The van der Waals surface area contributed by atoms with Crippen molar-refractivity contribution in [2.45, 2.75) is 20.4 Å². The molecule has 0 saturated heterocycles. The van der Waals surface area contributed by atoms with Gasteiger partial charge in [0.2, 0.25) is 0 Å². The highest BCUT2D eigenvalue weighted by atomic mass is 35.5. The number of benzene rings is 1. The van der Waals surface area contributed by atoms with Crippen LogP contribution in [0.1, 0.15) is 27.0 Å². The molecule has 132 valence electrons. The van der Waals surface area contributed by atoms with Gasteiger partial charge in [-0.25, -0.2) is 4.98 Å². The molecule has 26 heavy (non-hydrogen) atoms. The maximum Gasteiger partial charge on any atom is 0.255 e. The van der Waals surface area contributed by atoms with Crippen molar-refractivity contribution in [1.29, 1.82) is 0 Å². The number of carbonyl (C=O) groups excluding carboxylic acids is 1. The fourth-order valence-electron chi connectivity index (χ4n) is 2.62. The van der Waals surface area contributed by atoms with Gasteiger partial charge in [-0.2, -0.15) is 0 Å². The standard InChI is InChI=1S/C20H19ClN4O/c1-13-9-14(2)19(17(21)10-13)25-20(26)16-5-8-23-18(11-16)24-12-15-3-6-22-7-4-15/h3-11H,12H2,1-2H3,(H,23,24)(H,25,26). The van der Waals surface area contributed by atoms with Gasteiger partial charge in [0.05, 0.1) is 10.7 Å². The van der Waals surface area contributed by atoms with Crippen LogP contribution in [0.5, 0.6) is 0 Å². The number of halogens is 1. The Morgan fingerprint density at radius 3 is 2.58 bits per heavy atom. The van der Waals surface area contributed by atoms with E-state index in [1.807, 2.05) is 38.1 Å². The molecular formula is C20H19ClN4O. The third-order valence-electron chi connectivity index (χ3n) is 3.92. The van der Waals surface area contributed by atoms with Crippen LogP contribution >= 0.6 is 11.6 Å². The number of rotatable bonds is 5. The summed E-state index contributed by atoms with van der Waals surface area (Å²) in [6, 6.07) is 11.0. The van der Waals surface area contributed by atoms with Crippen molar-refractivity contribution in [2.24, 2.45) is 0 Å². The normalized spacial score (nSPS) is 10.4. The number of anilines is 2. The van der Waals surface area contributed by atoms with E-state index in [0.717, 1.165) is 16.7 Å². The molecule has 0 spiro atoms. The van der Waals surface area contributed by atoms with Gasteiger partial charge in [-0.05, 0) is 60.9 Å². The number of amides is 1. The quantitative estimate of drug-likeness (QED) is 0.691. The van der Waals surface area contributed by atoms with Gasteiger partial charge in [0.1, 0.15) is 5.82 Å². The largest absolute Gasteiger partial charge is 0.366 e. The SMILES string of the molecule is Cc1cc(C)c(NC(=O)c2ccnc(NCc3ccncc3)c2)c(Cl)c1. The minimum absolute atomic E-state index is 0.229. The number of pyridine rings is 2. The Kier molecular flexibility index (Phi) is 5.49. The van der Waals surface area contributed by atoms with Crippen LogP contribution < -0.4 is 10.6 Å². The summed E-state index contributed by atoms with van der Waals surface area (Å²) in [6.07, 6.45) is 5.08. The zero-order valence-corrected chi connectivity index (χ0v) is 15.3. The topological polar surface area (TPSA) is 66.9 Å². The zero-order valence-electron chi connectivity index (χ0n) is 14.6. The number of aromatic nitrogens is 2. The van der Waals surface area contributed by atoms with Gasteiger partial charge >= 0.3 is 0 Å². The van der Waals surface area contributed by atoms with E-state index >= 15 is 0 Å². The van der Waals surface area contributed by atoms with E-state index in [1.165, 1.54) is 0 Å². The van der Waals surface area contributed by atoms with Crippen LogP contribution in [-0.4, -0.2) is 15.9 Å². The lowest BCUT2D eigenvalue weighted by molar-refractivity contribution is 0.102. The molecule has 3 rings (SSSR count). The summed E-state index contributed by atoms with van der Waals surface area (Å²) in [4.78, 5) is 20.8. The predicted molar refractivity (Wildman–Crippen MR) is 105 cm³/mol. The lowest BCUT2D eigenvalue weighted by Crippen LogP contribution is -2.14. The highest BCUT2D eigenvalue weighted by molar-refractivity contribution is 6.34. The Hall–Kier alpha value is -2.92. The van der Waals surface area contributed by atoms with Crippen molar-refractivity contribution >= 4 is 29.0 Å². The Morgan fingerprint density at radius 2 is 1.85 bits per heavy atom. The molecule has 3 aromatic rings. The number of hydrogen-bond acceptors (Lipinski definition) is 4. The minimum atomic E-state index is -0.229. The first-order valence-electron chi connectivity index (χ1n) is 8.20. The highest BCUT2D eigenvalue weighted by Crippen LogP contribution is 2.27. The number of nitrogens with zero attached hydrogens (tertiary/aromatic N) is 2. The number of aryl methyl sites for hydroxylation is 2. The Balaban J connectivity index is 1.72. The van der Waals surface area contributed by atoms with Crippen LogP contribution in [0.3, 0.4) is 0 Å². The minimum Gasteiger partial charge on any atom is -0.366 e. The molecule has 2 aromatic heterocycles. The number of hydrogen-bond donors (Lipinski definition) is 2. The summed E-state index contributed by atoms with van der Waals surface area (Å²) in [5.41, 5.74) is 4.20. The molecule has 0 unspecified atom stereocenters. The zero-order chi connectivity index (χ0) is 18.5. The summed E-state index contributed by atoms with van der Waals surface area (Å²) in [5, 5.41) is 6.62. The monoisotopic (exact) mass is 366 g/mol. The molecule has 2 heterocycles. The van der Waals surface area contributed by atoms with Crippen LogP contribution in [0.15, 0.2) is 55.0 Å². The molecule has 0 aliphatic carbocycles. The molecule has 1 aromatic carbocycles. The van der Waals surface area contributed by atoms with Gasteiger partial charge in [0, 0.05) is 30.7 Å². The van der Waals surface area contributed by atoms with E-state index in [4.69, 9.17) is 11.6 Å². The summed E-state index contributed by atoms with van der Waals surface area (Å²) < 4.78 is 0. The molecule has 0 fully saturated rings. The number of nitrogens with one attached hydrogen (secondary N) is 2. The fraction of sp³-hybridized carbons (Fsp3) is 0.150. The van der Waals surface area contributed by atoms with Gasteiger partial charge in [-0.3, -0.25) is 9.78 Å². The summed E-state index contributed by atoms with van der Waals surface area (Å²) in [6.45, 7) is 4.49. The molecule has 5 nitrogen and oxygen atoms in total. The average Bonchev–Trinajstić information content (AvgIpc) is 2.64. The first kappa shape index (κ1) is 17.9. The molecule has 0 bridgehead atoms. The Morgan fingerprint density at radius 1 is 1.08 bits per heavy atom. The first-order valence-corrected chi connectivity index (χ1v) is 8.57. The van der Waals surface area contributed by atoms with Crippen LogP contribution in [0.25, 0.3) is 0 Å². The third kappa shape index (κ3) is 4.37. The number of carbonyl (C=O) groups is 1. The predicted octanol–water partition coefficient (Wildman–Crippen LogP) is 4.61.